The molecule has 0 spiro atoms. The van der Waals surface area contributed by atoms with Gasteiger partial charge in [0.1, 0.15) is 0 Å². The number of ether oxygens (including phenoxy) is 1. The molecule has 30 heavy (non-hydrogen) atoms. The zero-order chi connectivity index (χ0) is 21.7. The Morgan fingerprint density at radius 1 is 1.17 bits per heavy atom. The number of carbonyl (C=O) groups excluding carboxylic acids is 2. The van der Waals surface area contributed by atoms with E-state index in [4.69, 9.17) is 4.74 Å². The monoisotopic (exact) mass is 425 g/mol. The molecule has 3 rings (SSSR count). The van der Waals surface area contributed by atoms with Gasteiger partial charge in [0.05, 0.1) is 29.3 Å². The number of methoxy groups -OCH3 is 1. The second-order valence-electron chi connectivity index (χ2n) is 6.86. The van der Waals surface area contributed by atoms with E-state index >= 15 is 0 Å². The van der Waals surface area contributed by atoms with Gasteiger partial charge in [0.25, 0.3) is 5.56 Å². The van der Waals surface area contributed by atoms with E-state index in [1.165, 1.54) is 18.7 Å². The minimum atomic E-state index is -0.232. The first-order chi connectivity index (χ1) is 14.4. The molecule has 0 aliphatic carbocycles. The van der Waals surface area contributed by atoms with Crippen LogP contribution in [0.2, 0.25) is 0 Å². The summed E-state index contributed by atoms with van der Waals surface area (Å²) < 4.78 is 6.79. The number of rotatable bonds is 8. The van der Waals surface area contributed by atoms with Gasteiger partial charge in [-0.2, -0.15) is 0 Å². The van der Waals surface area contributed by atoms with Gasteiger partial charge >= 0.3 is 0 Å². The Bertz CT molecular complexity index is 1130. The second-order valence-corrected chi connectivity index (χ2v) is 7.80. The lowest BCUT2D eigenvalue weighted by molar-refractivity contribution is -0.113. The summed E-state index contributed by atoms with van der Waals surface area (Å²) in [5, 5.41) is 3.78. The minimum Gasteiger partial charge on any atom is -0.383 e. The Labute approximate surface area is 178 Å². The number of anilines is 1. The van der Waals surface area contributed by atoms with Crippen molar-refractivity contribution in [3.63, 3.8) is 0 Å². The Kier molecular flexibility index (Phi) is 7.02. The highest BCUT2D eigenvalue weighted by Crippen LogP contribution is 2.21. The van der Waals surface area contributed by atoms with Crippen LogP contribution in [0.3, 0.4) is 0 Å². The van der Waals surface area contributed by atoms with Gasteiger partial charge in [-0.25, -0.2) is 4.98 Å². The van der Waals surface area contributed by atoms with Crippen molar-refractivity contribution in [3.8, 4) is 0 Å². The SMILES string of the molecule is COC[C@H](C)n1c(SCC(=O)Nc2ccc(C(C)=O)cc2)nc2ccccc2c1=O. The van der Waals surface area contributed by atoms with Crippen LogP contribution in [0.5, 0.6) is 0 Å². The van der Waals surface area contributed by atoms with Gasteiger partial charge in [-0.05, 0) is 50.2 Å². The van der Waals surface area contributed by atoms with Crippen molar-refractivity contribution in [2.75, 3.05) is 24.8 Å². The van der Waals surface area contributed by atoms with E-state index in [1.54, 1.807) is 54.1 Å². The van der Waals surface area contributed by atoms with E-state index in [1.807, 2.05) is 13.0 Å². The molecular formula is C22H23N3O4S. The molecule has 8 heteroatoms. The minimum absolute atomic E-state index is 0.0334. The van der Waals surface area contributed by atoms with Crippen LogP contribution in [0.4, 0.5) is 5.69 Å². The number of hydrogen-bond acceptors (Lipinski definition) is 6. The smallest absolute Gasteiger partial charge is 0.262 e. The number of hydrogen-bond donors (Lipinski definition) is 1. The summed E-state index contributed by atoms with van der Waals surface area (Å²) in [6.07, 6.45) is 0. The zero-order valence-electron chi connectivity index (χ0n) is 17.0. The van der Waals surface area contributed by atoms with Crippen molar-refractivity contribution in [1.29, 1.82) is 0 Å². The van der Waals surface area contributed by atoms with Gasteiger partial charge in [-0.3, -0.25) is 19.0 Å². The maximum atomic E-state index is 13.0. The van der Waals surface area contributed by atoms with Crippen LogP contribution in [0.25, 0.3) is 10.9 Å². The second kappa shape index (κ2) is 9.69. The molecule has 0 bridgehead atoms. The number of aromatic nitrogens is 2. The van der Waals surface area contributed by atoms with E-state index in [2.05, 4.69) is 10.3 Å². The number of nitrogens with one attached hydrogen (secondary N) is 1. The van der Waals surface area contributed by atoms with Gasteiger partial charge in [-0.15, -0.1) is 0 Å². The van der Waals surface area contributed by atoms with Crippen molar-refractivity contribution in [3.05, 3.63) is 64.4 Å². The predicted molar refractivity (Wildman–Crippen MR) is 118 cm³/mol. The number of thioether (sulfide) groups is 1. The molecule has 7 nitrogen and oxygen atoms in total. The molecule has 1 heterocycles. The third kappa shape index (κ3) is 4.95. The lowest BCUT2D eigenvalue weighted by atomic mass is 10.1. The first-order valence-corrected chi connectivity index (χ1v) is 10.4. The normalized spacial score (nSPS) is 12.0. The lowest BCUT2D eigenvalue weighted by Gasteiger charge is -2.18. The van der Waals surface area contributed by atoms with Gasteiger partial charge in [0, 0.05) is 18.4 Å². The third-order valence-corrected chi connectivity index (χ3v) is 5.48. The number of fused-ring (bicyclic) bond motifs is 1. The van der Waals surface area contributed by atoms with Crippen LogP contribution in [0.15, 0.2) is 58.5 Å². The molecule has 0 radical (unpaired) electrons. The topological polar surface area (TPSA) is 90.3 Å². The average molecular weight is 426 g/mol. The Balaban J connectivity index is 1.80. The molecule has 1 amide bonds. The largest absolute Gasteiger partial charge is 0.383 e. The van der Waals surface area contributed by atoms with Crippen LogP contribution in [0, 0.1) is 0 Å². The highest BCUT2D eigenvalue weighted by atomic mass is 32.2. The molecule has 1 aromatic heterocycles. The summed E-state index contributed by atoms with van der Waals surface area (Å²) >= 11 is 1.20. The highest BCUT2D eigenvalue weighted by Gasteiger charge is 2.17. The summed E-state index contributed by atoms with van der Waals surface area (Å²) in [5.74, 6) is -0.184. The standard InChI is InChI=1S/C22H23N3O4S/c1-14(12-29-3)25-21(28)18-6-4-5-7-19(18)24-22(25)30-13-20(27)23-17-10-8-16(9-11-17)15(2)26/h4-11,14H,12-13H2,1-3H3,(H,23,27)/t14-/m0/s1. The van der Waals surface area contributed by atoms with Crippen LogP contribution < -0.4 is 10.9 Å². The predicted octanol–water partition coefficient (Wildman–Crippen LogP) is 3.54. The van der Waals surface area contributed by atoms with Crippen LogP contribution in [0.1, 0.15) is 30.2 Å². The quantitative estimate of drug-likeness (QED) is 0.337. The molecule has 2 aromatic carbocycles. The molecule has 0 unspecified atom stereocenters. The molecule has 0 fully saturated rings. The molecule has 1 atom stereocenters. The summed E-state index contributed by atoms with van der Waals surface area (Å²) in [6.45, 7) is 3.72. The molecule has 1 N–H and O–H groups in total. The van der Waals surface area contributed by atoms with E-state index in [0.717, 1.165) is 0 Å². The van der Waals surface area contributed by atoms with Crippen LogP contribution in [-0.2, 0) is 9.53 Å². The van der Waals surface area contributed by atoms with Crippen molar-refractivity contribution in [1.82, 2.24) is 9.55 Å². The Morgan fingerprint density at radius 2 is 1.87 bits per heavy atom. The molecule has 0 saturated carbocycles. The third-order valence-electron chi connectivity index (χ3n) is 4.53. The fraction of sp³-hybridized carbons (Fsp3) is 0.273. The van der Waals surface area contributed by atoms with Crippen molar-refractivity contribution >= 4 is 40.0 Å². The zero-order valence-corrected chi connectivity index (χ0v) is 17.9. The number of benzene rings is 2. The van der Waals surface area contributed by atoms with E-state index < -0.39 is 0 Å². The maximum Gasteiger partial charge on any atom is 0.262 e. The first kappa shape index (κ1) is 21.7. The van der Waals surface area contributed by atoms with E-state index in [-0.39, 0.29) is 29.0 Å². The van der Waals surface area contributed by atoms with Crippen molar-refractivity contribution in [2.24, 2.45) is 0 Å². The number of ketones is 1. The van der Waals surface area contributed by atoms with Gasteiger partial charge in [0.15, 0.2) is 10.9 Å². The van der Waals surface area contributed by atoms with Crippen molar-refractivity contribution < 1.29 is 14.3 Å². The fourth-order valence-corrected chi connectivity index (χ4v) is 3.94. The molecule has 0 saturated heterocycles. The Morgan fingerprint density at radius 3 is 2.53 bits per heavy atom. The summed E-state index contributed by atoms with van der Waals surface area (Å²) in [7, 11) is 1.58. The van der Waals surface area contributed by atoms with Crippen LogP contribution >= 0.6 is 11.8 Å². The molecule has 0 aliphatic heterocycles. The lowest BCUT2D eigenvalue weighted by Crippen LogP contribution is -2.29. The fourth-order valence-electron chi connectivity index (χ4n) is 3.05. The molecule has 0 aliphatic rings. The molecule has 3 aromatic rings. The number of amides is 1. The van der Waals surface area contributed by atoms with E-state index in [9.17, 15) is 14.4 Å². The van der Waals surface area contributed by atoms with Gasteiger partial charge in [-0.1, -0.05) is 23.9 Å². The summed E-state index contributed by atoms with van der Waals surface area (Å²) in [4.78, 5) is 41.4. The molecular weight excluding hydrogens is 402 g/mol. The van der Waals surface area contributed by atoms with Gasteiger partial charge < -0.3 is 10.1 Å². The first-order valence-electron chi connectivity index (χ1n) is 9.44. The number of carbonyl (C=O) groups is 2. The van der Waals surface area contributed by atoms with Crippen molar-refractivity contribution in [2.45, 2.75) is 25.0 Å². The number of nitrogens with zero attached hydrogens (tertiary/aromatic N) is 2. The molecule has 156 valence electrons. The summed E-state index contributed by atoms with van der Waals surface area (Å²) in [5.41, 5.74) is 1.61. The highest BCUT2D eigenvalue weighted by molar-refractivity contribution is 7.99. The van der Waals surface area contributed by atoms with Gasteiger partial charge in [0.2, 0.25) is 5.91 Å². The number of Topliss-reactive ketones (excluding diaryl/α,β-unsaturated/α-hetero) is 1. The average Bonchev–Trinajstić information content (AvgIpc) is 2.73. The van der Waals surface area contributed by atoms with E-state index in [0.29, 0.717) is 33.9 Å². The van der Waals surface area contributed by atoms with Crippen LogP contribution in [-0.4, -0.2) is 40.7 Å². The number of para-hydroxylation sites is 1. The summed E-state index contributed by atoms with van der Waals surface area (Å²) in [6, 6.07) is 13.6. The maximum absolute atomic E-state index is 13.0. The Hall–Kier alpha value is -2.97.